The number of nitrogens with one attached hydrogen (secondary N) is 1. The summed E-state index contributed by atoms with van der Waals surface area (Å²) in [5.74, 6) is -1.90. The molecule has 0 radical (unpaired) electrons. The number of aromatic amines is 1. The second kappa shape index (κ2) is 12.1. The third kappa shape index (κ3) is 7.20. The van der Waals surface area contributed by atoms with E-state index in [1.165, 1.54) is 5.56 Å². The molecule has 5 rings (SSSR count). The second-order valence-electron chi connectivity index (χ2n) is 9.42. The summed E-state index contributed by atoms with van der Waals surface area (Å²) in [6.45, 7) is 0.923. The molecule has 0 aliphatic carbocycles. The van der Waals surface area contributed by atoms with Crippen molar-refractivity contribution >= 4 is 40.4 Å². The summed E-state index contributed by atoms with van der Waals surface area (Å²) < 4.78 is 37.1. The Kier molecular flexibility index (Phi) is 8.58. The fourth-order valence-corrected chi connectivity index (χ4v) is 4.11. The highest BCUT2D eigenvalue weighted by Gasteiger charge is 2.38. The van der Waals surface area contributed by atoms with Crippen LogP contribution in [0.25, 0.3) is 28.8 Å². The van der Waals surface area contributed by atoms with Crippen molar-refractivity contribution in [3.63, 3.8) is 0 Å². The molecule has 3 N–H and O–H groups in total. The lowest BCUT2D eigenvalue weighted by molar-refractivity contribution is -0.192. The van der Waals surface area contributed by atoms with Crippen LogP contribution in [0.4, 0.5) is 18.9 Å². The molecule has 0 saturated carbocycles. The summed E-state index contributed by atoms with van der Waals surface area (Å²) in [5.41, 5.74) is 5.61. The van der Waals surface area contributed by atoms with E-state index in [2.05, 4.69) is 64.5 Å². The number of ether oxygens (including phenoxy) is 1. The molecule has 8 nitrogen and oxygen atoms in total. The van der Waals surface area contributed by atoms with Crippen LogP contribution in [-0.2, 0) is 11.3 Å². The number of rotatable bonds is 6. The molecule has 0 spiro atoms. The van der Waals surface area contributed by atoms with Crippen molar-refractivity contribution in [3.8, 4) is 11.6 Å². The maximum atomic E-state index is 10.6. The van der Waals surface area contributed by atoms with Crippen molar-refractivity contribution in [2.75, 3.05) is 21.2 Å². The first kappa shape index (κ1) is 29.1. The minimum Gasteiger partial charge on any atom is -0.497 e. The smallest absolute Gasteiger partial charge is 0.490 e. The zero-order valence-electron chi connectivity index (χ0n) is 22.4. The van der Waals surface area contributed by atoms with Crippen LogP contribution in [0.2, 0.25) is 0 Å². The van der Waals surface area contributed by atoms with Crippen LogP contribution in [0.3, 0.4) is 0 Å². The van der Waals surface area contributed by atoms with Gasteiger partial charge in [0.2, 0.25) is 0 Å². The Morgan fingerprint density at radius 2 is 1.73 bits per heavy atom. The Morgan fingerprint density at radius 1 is 1.02 bits per heavy atom. The number of H-pyrrole nitrogens is 1. The van der Waals surface area contributed by atoms with Crippen LogP contribution in [0.15, 0.2) is 77.0 Å². The van der Waals surface area contributed by atoms with Gasteiger partial charge in [-0.3, -0.25) is 0 Å². The van der Waals surface area contributed by atoms with E-state index in [4.69, 9.17) is 14.6 Å². The maximum Gasteiger partial charge on any atom is 0.490 e. The van der Waals surface area contributed by atoms with Gasteiger partial charge in [-0.2, -0.15) is 13.2 Å². The lowest BCUT2D eigenvalue weighted by atomic mass is 10.1. The molecule has 1 aliphatic heterocycles. The number of alkyl halides is 3. The van der Waals surface area contributed by atoms with Crippen LogP contribution in [0, 0.1) is 0 Å². The van der Waals surface area contributed by atoms with E-state index in [1.807, 2.05) is 48.6 Å². The highest BCUT2D eigenvalue weighted by molar-refractivity contribution is 5.92. The molecule has 0 bridgehead atoms. The van der Waals surface area contributed by atoms with Crippen LogP contribution in [0.5, 0.6) is 11.6 Å². The van der Waals surface area contributed by atoms with Crippen molar-refractivity contribution in [2.45, 2.75) is 12.7 Å². The third-order valence-corrected chi connectivity index (χ3v) is 6.05. The standard InChI is InChI=1S/C28H26N4O2.C2HF3O2/c1-32(2)17-19-6-4-18(5-7-19)9-12-26-22-11-8-20(15-27(22)31-30-26)14-24-23-16-21(34-3)10-13-25(23)29-28(24)33;3-2(4,5)1(6)7/h4-16,29,33H,17H2,1-3H3;(H,6,7)/b12-9+,20-14?;. The average Bonchev–Trinajstić information content (AvgIpc) is 3.47. The van der Waals surface area contributed by atoms with Gasteiger partial charge in [0.25, 0.3) is 0 Å². The Morgan fingerprint density at radius 3 is 2.37 bits per heavy atom. The minimum atomic E-state index is -5.08. The number of aliphatic carboxylic acids is 1. The number of fused-ring (bicyclic) bond motifs is 2. The highest BCUT2D eigenvalue weighted by atomic mass is 19.4. The van der Waals surface area contributed by atoms with Gasteiger partial charge in [-0.25, -0.2) is 4.79 Å². The first-order chi connectivity index (χ1) is 19.4. The predicted octanol–water partition coefficient (Wildman–Crippen LogP) is 5.32. The van der Waals surface area contributed by atoms with Gasteiger partial charge in [0.1, 0.15) is 5.75 Å². The van der Waals surface area contributed by atoms with Crippen LogP contribution in [-0.4, -0.2) is 53.4 Å². The number of nitrogens with zero attached hydrogens (tertiary/aromatic N) is 3. The van der Waals surface area contributed by atoms with Gasteiger partial charge in [0, 0.05) is 28.2 Å². The minimum absolute atomic E-state index is 0.122. The van der Waals surface area contributed by atoms with Gasteiger partial charge in [0.05, 0.1) is 18.5 Å². The van der Waals surface area contributed by atoms with E-state index in [0.717, 1.165) is 50.6 Å². The third-order valence-electron chi connectivity index (χ3n) is 6.05. The number of aromatic hydroxyl groups is 1. The Bertz CT molecular complexity index is 1760. The molecule has 0 unspecified atom stereocenters. The summed E-state index contributed by atoms with van der Waals surface area (Å²) in [4.78, 5) is 14.1. The SMILES string of the molecule is COc1ccc2[nH]c(O)c(C=c3ccc4c(c3)N=NC=4/C=C/c3ccc(CN(C)C)cc3)c2c1.O=C(O)C(F)(F)F. The van der Waals surface area contributed by atoms with E-state index in [0.29, 0.717) is 5.56 Å². The number of aromatic nitrogens is 1. The summed E-state index contributed by atoms with van der Waals surface area (Å²) >= 11 is 0. The summed E-state index contributed by atoms with van der Waals surface area (Å²) in [5, 5.41) is 29.1. The summed E-state index contributed by atoms with van der Waals surface area (Å²) in [6.07, 6.45) is 0.907. The van der Waals surface area contributed by atoms with Crippen molar-refractivity contribution in [3.05, 3.63) is 93.9 Å². The Labute approximate surface area is 233 Å². The number of carboxylic acids is 1. The van der Waals surface area contributed by atoms with E-state index >= 15 is 0 Å². The molecule has 3 aromatic carbocycles. The van der Waals surface area contributed by atoms with Gasteiger partial charge in [0.15, 0.2) is 5.88 Å². The highest BCUT2D eigenvalue weighted by Crippen LogP contribution is 2.30. The second-order valence-corrected chi connectivity index (χ2v) is 9.42. The van der Waals surface area contributed by atoms with Crippen LogP contribution in [0.1, 0.15) is 16.7 Å². The fraction of sp³-hybridized carbons (Fsp3) is 0.167. The van der Waals surface area contributed by atoms with Crippen molar-refractivity contribution < 1.29 is 32.9 Å². The van der Waals surface area contributed by atoms with Gasteiger partial charge >= 0.3 is 12.1 Å². The monoisotopic (exact) mass is 564 g/mol. The molecule has 41 heavy (non-hydrogen) atoms. The number of hydrogen-bond acceptors (Lipinski definition) is 6. The largest absolute Gasteiger partial charge is 0.497 e. The van der Waals surface area contributed by atoms with Gasteiger partial charge in [-0.05, 0) is 72.9 Å². The van der Waals surface area contributed by atoms with Crippen LogP contribution >= 0.6 is 0 Å². The first-order valence-corrected chi connectivity index (χ1v) is 12.3. The molecule has 4 aromatic rings. The molecular weight excluding hydrogens is 537 g/mol. The van der Waals surface area contributed by atoms with Crippen molar-refractivity contribution in [2.24, 2.45) is 10.2 Å². The summed E-state index contributed by atoms with van der Waals surface area (Å²) in [7, 11) is 5.76. The molecule has 2 heterocycles. The molecule has 1 aromatic heterocycles. The lowest BCUT2D eigenvalue weighted by Gasteiger charge is -2.09. The van der Waals surface area contributed by atoms with E-state index in [9.17, 15) is 18.3 Å². The number of azo groups is 1. The van der Waals surface area contributed by atoms with Gasteiger partial charge in [-0.15, -0.1) is 10.2 Å². The van der Waals surface area contributed by atoms with Crippen LogP contribution < -0.4 is 15.2 Å². The molecule has 0 amide bonds. The number of halogens is 3. The molecule has 212 valence electrons. The predicted molar refractivity (Wildman–Crippen MR) is 150 cm³/mol. The summed E-state index contributed by atoms with van der Waals surface area (Å²) in [6, 6.07) is 20.2. The molecular formula is C30H27F3N4O4. The normalized spacial score (nSPS) is 13.1. The average molecular weight is 565 g/mol. The number of benzene rings is 3. The topological polar surface area (TPSA) is 111 Å². The van der Waals surface area contributed by atoms with Crippen molar-refractivity contribution in [1.29, 1.82) is 0 Å². The zero-order valence-corrected chi connectivity index (χ0v) is 22.4. The Balaban J connectivity index is 0.000000493. The number of carboxylic acid groups (broad SMARTS) is 1. The number of carbonyl (C=O) groups is 1. The molecule has 1 aliphatic rings. The van der Waals surface area contributed by atoms with E-state index in [-0.39, 0.29) is 5.88 Å². The lowest BCUT2D eigenvalue weighted by Crippen LogP contribution is -2.21. The van der Waals surface area contributed by atoms with Gasteiger partial charge in [-0.1, -0.05) is 36.4 Å². The van der Waals surface area contributed by atoms with E-state index < -0.39 is 12.1 Å². The van der Waals surface area contributed by atoms with Gasteiger partial charge < -0.3 is 24.8 Å². The Hall–Kier alpha value is -4.90. The number of methoxy groups -OCH3 is 1. The quantitative estimate of drug-likeness (QED) is 0.294. The maximum absolute atomic E-state index is 10.6. The fourth-order valence-electron chi connectivity index (χ4n) is 4.11. The first-order valence-electron chi connectivity index (χ1n) is 12.3. The molecule has 0 atom stereocenters. The molecule has 0 saturated heterocycles. The molecule has 0 fully saturated rings. The van der Waals surface area contributed by atoms with E-state index in [1.54, 1.807) is 7.11 Å². The zero-order chi connectivity index (χ0) is 29.7. The van der Waals surface area contributed by atoms with Crippen molar-refractivity contribution in [1.82, 2.24) is 9.88 Å². The molecule has 11 heteroatoms. The number of hydrogen-bond donors (Lipinski definition) is 3.